The lowest BCUT2D eigenvalue weighted by molar-refractivity contribution is -0.0189. The maximum Gasteiger partial charge on any atom is 0.243 e. The van der Waals surface area contributed by atoms with Gasteiger partial charge in [0.25, 0.3) is 0 Å². The Hall–Kier alpha value is -2.34. The van der Waals surface area contributed by atoms with Gasteiger partial charge in [-0.25, -0.2) is 9.75 Å². The fourth-order valence-electron chi connectivity index (χ4n) is 1.56. The van der Waals surface area contributed by atoms with E-state index >= 15 is 0 Å². The molecule has 1 aromatic carbocycles. The number of anilines is 1. The van der Waals surface area contributed by atoms with E-state index in [1.165, 1.54) is 17.1 Å². The van der Waals surface area contributed by atoms with E-state index in [-0.39, 0.29) is 5.96 Å². The van der Waals surface area contributed by atoms with Crippen LogP contribution in [0.5, 0.6) is 0 Å². The summed E-state index contributed by atoms with van der Waals surface area (Å²) in [6.07, 6.45) is 3.56. The quantitative estimate of drug-likeness (QED) is 0.430. The van der Waals surface area contributed by atoms with Crippen LogP contribution < -0.4 is 5.73 Å². The molecule has 0 saturated carbocycles. The zero-order valence-electron chi connectivity index (χ0n) is 9.82. The predicted octanol–water partition coefficient (Wildman–Crippen LogP) is 1.18. The summed E-state index contributed by atoms with van der Waals surface area (Å²) < 4.78 is 1.22. The van der Waals surface area contributed by atoms with E-state index in [2.05, 4.69) is 5.10 Å². The Bertz CT molecular complexity index is 522. The molecule has 0 bridgehead atoms. The fraction of sp³-hybridized carbons (Fsp3) is 0.167. The molecule has 1 aromatic heterocycles. The SMILES string of the molecule is N=C(N(O)CCc1ccccc1)n1cc(N)cn1. The normalized spacial score (nSPS) is 10.3. The molecule has 0 radical (unpaired) electrons. The van der Waals surface area contributed by atoms with Crippen LogP contribution in [-0.2, 0) is 6.42 Å². The van der Waals surface area contributed by atoms with Gasteiger partial charge in [-0.3, -0.25) is 10.6 Å². The van der Waals surface area contributed by atoms with Crippen LogP contribution in [0.2, 0.25) is 0 Å². The first-order chi connectivity index (χ1) is 8.66. The largest absolute Gasteiger partial charge is 0.396 e. The maximum absolute atomic E-state index is 9.75. The average Bonchev–Trinajstić information content (AvgIpc) is 2.83. The molecule has 0 aliphatic rings. The minimum absolute atomic E-state index is 0.123. The number of benzene rings is 1. The molecule has 18 heavy (non-hydrogen) atoms. The van der Waals surface area contributed by atoms with Crippen LogP contribution >= 0.6 is 0 Å². The van der Waals surface area contributed by atoms with Crippen LogP contribution in [-0.4, -0.2) is 32.6 Å². The molecule has 0 spiro atoms. The van der Waals surface area contributed by atoms with Gasteiger partial charge in [-0.1, -0.05) is 30.3 Å². The maximum atomic E-state index is 9.75. The third kappa shape index (κ3) is 2.86. The number of hydrogen-bond acceptors (Lipinski definition) is 4. The molecule has 0 aliphatic carbocycles. The number of hydrogen-bond donors (Lipinski definition) is 3. The summed E-state index contributed by atoms with van der Waals surface area (Å²) in [5, 5.41) is 22.2. The Morgan fingerprint density at radius 2 is 2.11 bits per heavy atom. The minimum Gasteiger partial charge on any atom is -0.396 e. The van der Waals surface area contributed by atoms with E-state index in [4.69, 9.17) is 11.1 Å². The molecule has 6 heteroatoms. The van der Waals surface area contributed by atoms with Crippen molar-refractivity contribution in [3.63, 3.8) is 0 Å². The summed E-state index contributed by atoms with van der Waals surface area (Å²) in [5.41, 5.74) is 7.06. The Kier molecular flexibility index (Phi) is 3.59. The van der Waals surface area contributed by atoms with Crippen LogP contribution in [0.3, 0.4) is 0 Å². The van der Waals surface area contributed by atoms with Gasteiger partial charge < -0.3 is 5.73 Å². The highest BCUT2D eigenvalue weighted by molar-refractivity contribution is 5.77. The average molecular weight is 245 g/mol. The van der Waals surface area contributed by atoms with Crippen molar-refractivity contribution >= 4 is 11.6 Å². The van der Waals surface area contributed by atoms with Crippen LogP contribution in [0.25, 0.3) is 0 Å². The van der Waals surface area contributed by atoms with Crippen molar-refractivity contribution in [1.82, 2.24) is 14.8 Å². The summed E-state index contributed by atoms with van der Waals surface area (Å²) in [7, 11) is 0. The Morgan fingerprint density at radius 1 is 1.39 bits per heavy atom. The molecule has 6 nitrogen and oxygen atoms in total. The molecule has 2 aromatic rings. The number of aromatic nitrogens is 2. The molecule has 0 aliphatic heterocycles. The van der Waals surface area contributed by atoms with Gasteiger partial charge in [0.15, 0.2) is 0 Å². The van der Waals surface area contributed by atoms with E-state index < -0.39 is 0 Å². The van der Waals surface area contributed by atoms with Gasteiger partial charge in [-0.05, 0) is 12.0 Å². The van der Waals surface area contributed by atoms with Crippen LogP contribution in [0.15, 0.2) is 42.7 Å². The standard InChI is InChI=1S/C12H15N5O/c13-11-8-15-16(9-11)12(14)17(18)7-6-10-4-2-1-3-5-10/h1-5,8-9,14,18H,6-7,13H2. The highest BCUT2D eigenvalue weighted by atomic mass is 16.5. The number of nitrogens with two attached hydrogens (primary N) is 1. The molecule has 0 unspecified atom stereocenters. The topological polar surface area (TPSA) is 91.2 Å². The van der Waals surface area contributed by atoms with E-state index in [9.17, 15) is 5.21 Å². The summed E-state index contributed by atoms with van der Waals surface area (Å²) in [4.78, 5) is 0. The molecular formula is C12H15N5O. The van der Waals surface area contributed by atoms with Crippen molar-refractivity contribution < 1.29 is 5.21 Å². The third-order valence-corrected chi connectivity index (χ3v) is 2.52. The first-order valence-electron chi connectivity index (χ1n) is 5.56. The molecule has 0 fully saturated rings. The van der Waals surface area contributed by atoms with Gasteiger partial charge in [-0.15, -0.1) is 0 Å². The Labute approximate surface area is 105 Å². The Balaban J connectivity index is 1.92. The van der Waals surface area contributed by atoms with Gasteiger partial charge >= 0.3 is 0 Å². The van der Waals surface area contributed by atoms with E-state index in [0.717, 1.165) is 10.6 Å². The van der Waals surface area contributed by atoms with Gasteiger partial charge in [-0.2, -0.15) is 5.10 Å². The van der Waals surface area contributed by atoms with Crippen LogP contribution in [0.1, 0.15) is 5.56 Å². The second-order valence-corrected chi connectivity index (χ2v) is 3.90. The molecule has 1 heterocycles. The summed E-state index contributed by atoms with van der Waals surface area (Å²) in [5.74, 6) is -0.123. The smallest absolute Gasteiger partial charge is 0.243 e. The summed E-state index contributed by atoms with van der Waals surface area (Å²) in [6, 6.07) is 9.77. The van der Waals surface area contributed by atoms with Gasteiger partial charge in [0.05, 0.1) is 24.6 Å². The Morgan fingerprint density at radius 3 is 2.72 bits per heavy atom. The number of rotatable bonds is 3. The predicted molar refractivity (Wildman–Crippen MR) is 68.4 cm³/mol. The van der Waals surface area contributed by atoms with E-state index in [1.807, 2.05) is 30.3 Å². The van der Waals surface area contributed by atoms with Crippen molar-refractivity contribution in [3.8, 4) is 0 Å². The monoisotopic (exact) mass is 245 g/mol. The molecule has 0 atom stereocenters. The van der Waals surface area contributed by atoms with Crippen molar-refractivity contribution in [2.24, 2.45) is 0 Å². The summed E-state index contributed by atoms with van der Waals surface area (Å²) in [6.45, 7) is 0.322. The third-order valence-electron chi connectivity index (χ3n) is 2.52. The van der Waals surface area contributed by atoms with E-state index in [1.54, 1.807) is 0 Å². The van der Waals surface area contributed by atoms with Crippen molar-refractivity contribution in [2.75, 3.05) is 12.3 Å². The first-order valence-corrected chi connectivity index (χ1v) is 5.56. The fourth-order valence-corrected chi connectivity index (χ4v) is 1.56. The number of nitrogens with one attached hydrogen (secondary N) is 1. The molecule has 4 N–H and O–H groups in total. The zero-order valence-corrected chi connectivity index (χ0v) is 9.82. The van der Waals surface area contributed by atoms with Crippen LogP contribution in [0.4, 0.5) is 5.69 Å². The minimum atomic E-state index is -0.123. The summed E-state index contributed by atoms with van der Waals surface area (Å²) >= 11 is 0. The number of nitrogen functional groups attached to an aromatic ring is 1. The van der Waals surface area contributed by atoms with Crippen molar-refractivity contribution in [1.29, 1.82) is 5.41 Å². The number of nitrogens with zero attached hydrogens (tertiary/aromatic N) is 3. The second-order valence-electron chi connectivity index (χ2n) is 3.90. The van der Waals surface area contributed by atoms with Gasteiger partial charge in [0, 0.05) is 0 Å². The molecular weight excluding hydrogens is 230 g/mol. The highest BCUT2D eigenvalue weighted by Gasteiger charge is 2.09. The molecule has 0 amide bonds. The van der Waals surface area contributed by atoms with Crippen molar-refractivity contribution in [3.05, 3.63) is 48.3 Å². The van der Waals surface area contributed by atoms with Crippen LogP contribution in [0, 0.1) is 5.41 Å². The molecule has 2 rings (SSSR count). The van der Waals surface area contributed by atoms with Gasteiger partial charge in [0.1, 0.15) is 0 Å². The lowest BCUT2D eigenvalue weighted by atomic mass is 10.1. The zero-order chi connectivity index (χ0) is 13.0. The lowest BCUT2D eigenvalue weighted by Crippen LogP contribution is -2.34. The molecule has 94 valence electrons. The lowest BCUT2D eigenvalue weighted by Gasteiger charge is -2.16. The highest BCUT2D eigenvalue weighted by Crippen LogP contribution is 2.02. The van der Waals surface area contributed by atoms with Gasteiger partial charge in [0.2, 0.25) is 5.96 Å². The number of hydroxylamine groups is 2. The first kappa shape index (κ1) is 12.1. The van der Waals surface area contributed by atoms with Crippen molar-refractivity contribution in [2.45, 2.75) is 6.42 Å². The molecule has 0 saturated heterocycles. The van der Waals surface area contributed by atoms with E-state index in [0.29, 0.717) is 18.7 Å². The second kappa shape index (κ2) is 5.33.